The number of nitrogens with zero attached hydrogens (tertiary/aromatic N) is 2. The van der Waals surface area contributed by atoms with Crippen LogP contribution in [0.5, 0.6) is 0 Å². The summed E-state index contributed by atoms with van der Waals surface area (Å²) in [7, 11) is 0. The summed E-state index contributed by atoms with van der Waals surface area (Å²) < 4.78 is 0. The van der Waals surface area contributed by atoms with Crippen molar-refractivity contribution in [3.05, 3.63) is 101 Å². The van der Waals surface area contributed by atoms with Crippen LogP contribution in [-0.2, 0) is 4.79 Å². The van der Waals surface area contributed by atoms with Gasteiger partial charge in [0.05, 0.1) is 11.6 Å². The molecule has 1 fully saturated rings. The number of hydrogen-bond donors (Lipinski definition) is 1. The molecule has 0 spiro atoms. The Hall–Kier alpha value is -3.44. The van der Waals surface area contributed by atoms with Crippen molar-refractivity contribution >= 4 is 28.1 Å². The van der Waals surface area contributed by atoms with Crippen LogP contribution in [0.1, 0.15) is 29.9 Å². The highest BCUT2D eigenvalue weighted by Gasteiger charge is 2.23. The first-order chi connectivity index (χ1) is 15.8. The van der Waals surface area contributed by atoms with Crippen LogP contribution in [0.4, 0.5) is 10.8 Å². The zero-order chi connectivity index (χ0) is 21.8. The minimum atomic E-state index is -0.373. The molecule has 1 amide bonds. The van der Waals surface area contributed by atoms with Crippen LogP contribution < -0.4 is 10.2 Å². The van der Waals surface area contributed by atoms with Crippen molar-refractivity contribution in [2.24, 2.45) is 0 Å². The number of thiazole rings is 1. The molecule has 1 aliphatic heterocycles. The molecule has 0 radical (unpaired) electrons. The molecular formula is C27H25N3OS. The number of nitrogens with one attached hydrogen (secondary N) is 1. The van der Waals surface area contributed by atoms with Crippen molar-refractivity contribution in [3.63, 3.8) is 0 Å². The first kappa shape index (κ1) is 20.5. The zero-order valence-electron chi connectivity index (χ0n) is 17.8. The summed E-state index contributed by atoms with van der Waals surface area (Å²) in [6.45, 7) is 2.17. The molecular weight excluding hydrogens is 414 g/mol. The van der Waals surface area contributed by atoms with E-state index >= 15 is 0 Å². The van der Waals surface area contributed by atoms with E-state index in [9.17, 15) is 4.79 Å². The van der Waals surface area contributed by atoms with Gasteiger partial charge in [-0.2, -0.15) is 0 Å². The zero-order valence-corrected chi connectivity index (χ0v) is 18.6. The molecule has 1 aliphatic rings. The molecule has 0 aliphatic carbocycles. The Kier molecular flexibility index (Phi) is 5.99. The van der Waals surface area contributed by atoms with Crippen molar-refractivity contribution in [3.8, 4) is 11.3 Å². The van der Waals surface area contributed by atoms with Gasteiger partial charge in [0.25, 0.3) is 0 Å². The van der Waals surface area contributed by atoms with Crippen molar-refractivity contribution in [1.82, 2.24) is 4.98 Å². The predicted octanol–water partition coefficient (Wildman–Crippen LogP) is 6.18. The summed E-state index contributed by atoms with van der Waals surface area (Å²) in [6, 6.07) is 27.8. The predicted molar refractivity (Wildman–Crippen MR) is 132 cm³/mol. The fourth-order valence-electron chi connectivity index (χ4n) is 4.21. The minimum Gasteiger partial charge on any atom is -0.348 e. The third-order valence-electron chi connectivity index (χ3n) is 5.82. The molecule has 4 aromatic rings. The van der Waals surface area contributed by atoms with E-state index in [0.29, 0.717) is 0 Å². The Morgan fingerprint density at radius 3 is 2.19 bits per heavy atom. The first-order valence-corrected chi connectivity index (χ1v) is 11.9. The van der Waals surface area contributed by atoms with Crippen LogP contribution in [0.15, 0.2) is 90.3 Å². The average molecular weight is 440 g/mol. The standard InChI is InChI=1S/C27H25N3OS/c31-26(25(20-10-3-1-4-11-20)21-12-5-2-6-13-21)28-23-15-9-14-22(18-23)24-19-32-27(29-24)30-16-7-8-17-30/h1-6,9-15,18-19,25H,7-8,16-17H2,(H,28,31). The van der Waals surface area contributed by atoms with Crippen LogP contribution in [0.25, 0.3) is 11.3 Å². The molecule has 1 saturated heterocycles. The molecule has 5 heteroatoms. The Labute approximate surface area is 192 Å². The number of rotatable bonds is 6. The summed E-state index contributed by atoms with van der Waals surface area (Å²) in [6.07, 6.45) is 2.47. The highest BCUT2D eigenvalue weighted by atomic mass is 32.1. The molecule has 0 atom stereocenters. The van der Waals surface area contributed by atoms with Crippen molar-refractivity contribution in [2.75, 3.05) is 23.3 Å². The molecule has 3 aromatic carbocycles. The van der Waals surface area contributed by atoms with Gasteiger partial charge in [-0.15, -0.1) is 11.3 Å². The maximum atomic E-state index is 13.4. The first-order valence-electron chi connectivity index (χ1n) is 11.0. The Morgan fingerprint density at radius 2 is 1.53 bits per heavy atom. The van der Waals surface area contributed by atoms with Crippen LogP contribution in [0.3, 0.4) is 0 Å². The molecule has 0 saturated carbocycles. The third kappa shape index (κ3) is 4.43. The number of hydrogen-bond acceptors (Lipinski definition) is 4. The van der Waals surface area contributed by atoms with E-state index in [2.05, 4.69) is 15.6 Å². The lowest BCUT2D eigenvalue weighted by Gasteiger charge is -2.18. The largest absolute Gasteiger partial charge is 0.348 e. The van der Waals surface area contributed by atoms with Crippen molar-refractivity contribution < 1.29 is 4.79 Å². The van der Waals surface area contributed by atoms with E-state index in [0.717, 1.165) is 46.3 Å². The Morgan fingerprint density at radius 1 is 0.875 bits per heavy atom. The summed E-state index contributed by atoms with van der Waals surface area (Å²) in [4.78, 5) is 20.6. The molecule has 0 bridgehead atoms. The highest BCUT2D eigenvalue weighted by molar-refractivity contribution is 7.14. The normalized spacial score (nSPS) is 13.5. The van der Waals surface area contributed by atoms with E-state index in [4.69, 9.17) is 4.98 Å². The number of carbonyl (C=O) groups excluding carboxylic acids is 1. The second-order valence-electron chi connectivity index (χ2n) is 8.03. The molecule has 5 rings (SSSR count). The fourth-order valence-corrected chi connectivity index (χ4v) is 5.10. The molecule has 0 unspecified atom stereocenters. The molecule has 1 N–H and O–H groups in total. The van der Waals surface area contributed by atoms with Gasteiger partial charge in [-0.05, 0) is 36.1 Å². The van der Waals surface area contributed by atoms with E-state index < -0.39 is 0 Å². The SMILES string of the molecule is O=C(Nc1cccc(-c2csc(N3CCCC3)n2)c1)C(c1ccccc1)c1ccccc1. The van der Waals surface area contributed by atoms with Crippen LogP contribution in [0.2, 0.25) is 0 Å². The Bertz CT molecular complexity index is 1140. The highest BCUT2D eigenvalue weighted by Crippen LogP contribution is 2.31. The van der Waals surface area contributed by atoms with E-state index in [1.807, 2.05) is 84.9 Å². The fraction of sp³-hybridized carbons (Fsp3) is 0.185. The number of benzene rings is 3. The monoisotopic (exact) mass is 439 g/mol. The van der Waals surface area contributed by atoms with Gasteiger partial charge in [0.15, 0.2) is 5.13 Å². The van der Waals surface area contributed by atoms with Crippen LogP contribution in [0, 0.1) is 0 Å². The van der Waals surface area contributed by atoms with Gasteiger partial charge in [0.1, 0.15) is 0 Å². The van der Waals surface area contributed by atoms with Gasteiger partial charge in [-0.25, -0.2) is 4.98 Å². The summed E-state index contributed by atoms with van der Waals surface area (Å²) in [5.74, 6) is -0.419. The lowest BCUT2D eigenvalue weighted by molar-refractivity contribution is -0.116. The van der Waals surface area contributed by atoms with Crippen LogP contribution in [-0.4, -0.2) is 24.0 Å². The van der Waals surface area contributed by atoms with Gasteiger partial charge >= 0.3 is 0 Å². The number of anilines is 2. The van der Waals surface area contributed by atoms with Gasteiger partial charge in [0.2, 0.25) is 5.91 Å². The summed E-state index contributed by atoms with van der Waals surface area (Å²) in [5.41, 5.74) is 4.69. The minimum absolute atomic E-state index is 0.0458. The van der Waals surface area contributed by atoms with Gasteiger partial charge in [0, 0.05) is 29.7 Å². The van der Waals surface area contributed by atoms with Crippen molar-refractivity contribution in [2.45, 2.75) is 18.8 Å². The summed E-state index contributed by atoms with van der Waals surface area (Å²) in [5, 5.41) is 6.32. The van der Waals surface area contributed by atoms with Crippen molar-refractivity contribution in [1.29, 1.82) is 0 Å². The average Bonchev–Trinajstić information content (AvgIpc) is 3.53. The second kappa shape index (κ2) is 9.37. The summed E-state index contributed by atoms with van der Waals surface area (Å²) >= 11 is 1.69. The van der Waals surface area contributed by atoms with E-state index in [1.165, 1.54) is 12.8 Å². The van der Waals surface area contributed by atoms with E-state index in [1.54, 1.807) is 11.3 Å². The smallest absolute Gasteiger partial charge is 0.236 e. The second-order valence-corrected chi connectivity index (χ2v) is 8.87. The lowest BCUT2D eigenvalue weighted by Crippen LogP contribution is -2.22. The number of amides is 1. The maximum Gasteiger partial charge on any atom is 0.236 e. The molecule has 1 aromatic heterocycles. The van der Waals surface area contributed by atoms with Gasteiger partial charge in [-0.1, -0.05) is 72.8 Å². The molecule has 4 nitrogen and oxygen atoms in total. The maximum absolute atomic E-state index is 13.4. The quantitative estimate of drug-likeness (QED) is 0.390. The van der Waals surface area contributed by atoms with Gasteiger partial charge < -0.3 is 10.2 Å². The third-order valence-corrected chi connectivity index (χ3v) is 6.72. The van der Waals surface area contributed by atoms with Crippen LogP contribution >= 0.6 is 11.3 Å². The van der Waals surface area contributed by atoms with E-state index in [-0.39, 0.29) is 11.8 Å². The lowest BCUT2D eigenvalue weighted by atomic mass is 9.90. The number of carbonyl (C=O) groups is 1. The molecule has 32 heavy (non-hydrogen) atoms. The molecule has 2 heterocycles. The topological polar surface area (TPSA) is 45.2 Å². The Balaban J connectivity index is 1.39. The van der Waals surface area contributed by atoms with Gasteiger partial charge in [-0.3, -0.25) is 4.79 Å². The molecule has 160 valence electrons. The number of aromatic nitrogens is 1.